The quantitative estimate of drug-likeness (QED) is 0.636. The van der Waals surface area contributed by atoms with Gasteiger partial charge in [-0.05, 0) is 6.07 Å². The number of rotatable bonds is 1. The molecule has 0 aromatic carbocycles. The van der Waals surface area contributed by atoms with E-state index in [9.17, 15) is 9.59 Å². The number of aryl methyl sites for hydroxylation is 1. The Balaban J connectivity index is 3.07. The number of anilines is 1. The molecule has 0 bridgehead atoms. The predicted molar refractivity (Wildman–Crippen MR) is 64.5 cm³/mol. The molecule has 2 heterocycles. The van der Waals surface area contributed by atoms with Crippen molar-refractivity contribution < 1.29 is 0 Å². The van der Waals surface area contributed by atoms with E-state index in [1.165, 1.54) is 11.6 Å². The van der Waals surface area contributed by atoms with Gasteiger partial charge in [-0.3, -0.25) is 13.9 Å². The third-order valence-corrected chi connectivity index (χ3v) is 2.76. The van der Waals surface area contributed by atoms with Crippen LogP contribution < -0.4 is 22.7 Å². The van der Waals surface area contributed by atoms with Crippen LogP contribution in [0.5, 0.6) is 0 Å². The van der Waals surface area contributed by atoms with E-state index in [0.717, 1.165) is 4.57 Å². The number of fused-ring (bicyclic) bond motifs is 1. The lowest BCUT2D eigenvalue weighted by Crippen LogP contribution is -2.37. The molecule has 2 rings (SSSR count). The highest BCUT2D eigenvalue weighted by Gasteiger charge is 2.11. The third kappa shape index (κ3) is 1.51. The van der Waals surface area contributed by atoms with Gasteiger partial charge in [0.15, 0.2) is 5.65 Å². The predicted octanol–water partition coefficient (Wildman–Crippen LogP) is -1.33. The first-order valence-corrected chi connectivity index (χ1v) is 5.02. The molecular formula is C10H13N5O2. The Bertz CT molecular complexity index is 713. The fourth-order valence-corrected chi connectivity index (χ4v) is 1.72. The zero-order valence-corrected chi connectivity index (χ0v) is 9.60. The van der Waals surface area contributed by atoms with E-state index in [4.69, 9.17) is 11.5 Å². The van der Waals surface area contributed by atoms with Crippen LogP contribution in [0, 0.1) is 0 Å². The van der Waals surface area contributed by atoms with E-state index in [1.54, 1.807) is 13.1 Å². The summed E-state index contributed by atoms with van der Waals surface area (Å²) in [5.74, 6) is 0.239. The summed E-state index contributed by atoms with van der Waals surface area (Å²) < 4.78 is 2.31. The zero-order chi connectivity index (χ0) is 12.7. The minimum Gasteiger partial charge on any atom is -0.383 e. The van der Waals surface area contributed by atoms with Gasteiger partial charge in [-0.1, -0.05) is 0 Å². The first-order chi connectivity index (χ1) is 7.97. The summed E-state index contributed by atoms with van der Waals surface area (Å²) in [7, 11) is 2.96. The average molecular weight is 235 g/mol. The van der Waals surface area contributed by atoms with Crippen LogP contribution in [0.15, 0.2) is 15.7 Å². The molecule has 0 aliphatic heterocycles. The second-order valence-electron chi connectivity index (χ2n) is 3.81. The van der Waals surface area contributed by atoms with Crippen LogP contribution in [0.3, 0.4) is 0 Å². The number of aromatic nitrogens is 3. The maximum Gasteiger partial charge on any atom is 0.332 e. The van der Waals surface area contributed by atoms with Crippen molar-refractivity contribution in [2.45, 2.75) is 6.54 Å². The molecular weight excluding hydrogens is 222 g/mol. The van der Waals surface area contributed by atoms with E-state index in [1.807, 2.05) is 0 Å². The van der Waals surface area contributed by atoms with E-state index >= 15 is 0 Å². The van der Waals surface area contributed by atoms with Crippen LogP contribution in [0.2, 0.25) is 0 Å². The monoisotopic (exact) mass is 235 g/mol. The molecule has 0 radical (unpaired) electrons. The molecule has 0 unspecified atom stereocenters. The Hall–Kier alpha value is -2.15. The number of nitrogens with two attached hydrogens (primary N) is 2. The standard InChI is InChI=1S/C10H13N5O2/c1-14-8-6(9(16)15(2)10(14)17)3-5(4-11)7(12)13-8/h3H,4,11H2,1-2H3,(H2,12,13). The minimum atomic E-state index is -0.435. The van der Waals surface area contributed by atoms with E-state index in [-0.39, 0.29) is 18.0 Å². The summed E-state index contributed by atoms with van der Waals surface area (Å²) in [5, 5.41) is 0.337. The molecule has 0 atom stereocenters. The van der Waals surface area contributed by atoms with Gasteiger partial charge in [0.1, 0.15) is 5.82 Å². The van der Waals surface area contributed by atoms with Gasteiger partial charge in [0, 0.05) is 26.2 Å². The van der Waals surface area contributed by atoms with E-state index < -0.39 is 11.2 Å². The Kier molecular flexibility index (Phi) is 2.47. The normalized spacial score (nSPS) is 11.0. The number of hydrogen-bond donors (Lipinski definition) is 2. The van der Waals surface area contributed by atoms with Gasteiger partial charge < -0.3 is 11.5 Å². The fourth-order valence-electron chi connectivity index (χ4n) is 1.72. The largest absolute Gasteiger partial charge is 0.383 e. The van der Waals surface area contributed by atoms with Gasteiger partial charge in [-0.2, -0.15) is 0 Å². The van der Waals surface area contributed by atoms with Crippen LogP contribution in [0.1, 0.15) is 5.56 Å². The van der Waals surface area contributed by atoms with Gasteiger partial charge in [0.2, 0.25) is 0 Å². The molecule has 2 aromatic rings. The lowest BCUT2D eigenvalue weighted by atomic mass is 10.2. The van der Waals surface area contributed by atoms with E-state index in [2.05, 4.69) is 4.98 Å². The Morgan fingerprint density at radius 3 is 2.53 bits per heavy atom. The molecule has 0 saturated carbocycles. The van der Waals surface area contributed by atoms with Crippen molar-refractivity contribution in [3.05, 3.63) is 32.5 Å². The first-order valence-electron chi connectivity index (χ1n) is 5.02. The molecule has 0 saturated heterocycles. The molecule has 7 nitrogen and oxygen atoms in total. The maximum absolute atomic E-state index is 11.9. The Morgan fingerprint density at radius 1 is 1.29 bits per heavy atom. The average Bonchev–Trinajstić information content (AvgIpc) is 2.33. The van der Waals surface area contributed by atoms with Crippen molar-refractivity contribution in [1.82, 2.24) is 14.1 Å². The lowest BCUT2D eigenvalue weighted by molar-refractivity contribution is 0.707. The zero-order valence-electron chi connectivity index (χ0n) is 9.60. The van der Waals surface area contributed by atoms with Gasteiger partial charge in [-0.25, -0.2) is 9.78 Å². The minimum absolute atomic E-state index is 0.195. The molecule has 7 heteroatoms. The molecule has 0 spiro atoms. The second-order valence-corrected chi connectivity index (χ2v) is 3.81. The van der Waals surface area contributed by atoms with Crippen molar-refractivity contribution in [2.75, 3.05) is 5.73 Å². The number of nitrogens with zero attached hydrogens (tertiary/aromatic N) is 3. The molecule has 0 amide bonds. The summed E-state index contributed by atoms with van der Waals surface area (Å²) in [6.07, 6.45) is 0. The smallest absolute Gasteiger partial charge is 0.332 e. The van der Waals surface area contributed by atoms with Crippen molar-refractivity contribution in [1.29, 1.82) is 0 Å². The molecule has 0 aliphatic carbocycles. The van der Waals surface area contributed by atoms with Crippen LogP contribution in [-0.2, 0) is 20.6 Å². The van der Waals surface area contributed by atoms with Crippen molar-refractivity contribution >= 4 is 16.9 Å². The van der Waals surface area contributed by atoms with Crippen molar-refractivity contribution in [3.8, 4) is 0 Å². The SMILES string of the molecule is Cn1c(=O)c2cc(CN)c(N)nc2n(C)c1=O. The summed E-state index contributed by atoms with van der Waals surface area (Å²) in [4.78, 5) is 27.7. The highest BCUT2D eigenvalue weighted by Crippen LogP contribution is 2.13. The molecule has 0 fully saturated rings. The molecule has 0 aliphatic rings. The van der Waals surface area contributed by atoms with E-state index in [0.29, 0.717) is 10.9 Å². The van der Waals surface area contributed by atoms with Crippen molar-refractivity contribution in [3.63, 3.8) is 0 Å². The topological polar surface area (TPSA) is 109 Å². The molecule has 17 heavy (non-hydrogen) atoms. The number of pyridine rings is 1. The Labute approximate surface area is 96.3 Å². The summed E-state index contributed by atoms with van der Waals surface area (Å²) in [6.45, 7) is 0.195. The van der Waals surface area contributed by atoms with Gasteiger partial charge in [0.25, 0.3) is 5.56 Å². The first kappa shape index (κ1) is 11.3. The van der Waals surface area contributed by atoms with Crippen molar-refractivity contribution in [2.24, 2.45) is 19.8 Å². The lowest BCUT2D eigenvalue weighted by Gasteiger charge is -2.09. The van der Waals surface area contributed by atoms with Gasteiger partial charge in [-0.15, -0.1) is 0 Å². The Morgan fingerprint density at radius 2 is 1.94 bits per heavy atom. The summed E-state index contributed by atoms with van der Waals surface area (Å²) in [6, 6.07) is 1.58. The highest BCUT2D eigenvalue weighted by atomic mass is 16.2. The van der Waals surface area contributed by atoms with Gasteiger partial charge in [0.05, 0.1) is 5.39 Å². The fraction of sp³-hybridized carbons (Fsp3) is 0.300. The number of hydrogen-bond acceptors (Lipinski definition) is 5. The van der Waals surface area contributed by atoms with Crippen LogP contribution >= 0.6 is 0 Å². The highest BCUT2D eigenvalue weighted by molar-refractivity contribution is 5.77. The molecule has 4 N–H and O–H groups in total. The molecule has 90 valence electrons. The van der Waals surface area contributed by atoms with Crippen LogP contribution in [0.25, 0.3) is 11.0 Å². The molecule has 2 aromatic heterocycles. The third-order valence-electron chi connectivity index (χ3n) is 2.76. The van der Waals surface area contributed by atoms with Crippen LogP contribution in [0.4, 0.5) is 5.82 Å². The van der Waals surface area contributed by atoms with Crippen LogP contribution in [-0.4, -0.2) is 14.1 Å². The van der Waals surface area contributed by atoms with Gasteiger partial charge >= 0.3 is 5.69 Å². The maximum atomic E-state index is 11.9. The summed E-state index contributed by atoms with van der Waals surface area (Å²) in [5.41, 5.74) is 11.2. The number of nitrogen functional groups attached to an aromatic ring is 1. The summed E-state index contributed by atoms with van der Waals surface area (Å²) >= 11 is 0. The second kappa shape index (κ2) is 3.70.